The molecular formula is C14H25ClN2O. The third kappa shape index (κ3) is 2.67. The Morgan fingerprint density at radius 2 is 2.22 bits per heavy atom. The van der Waals surface area contributed by atoms with E-state index < -0.39 is 0 Å². The molecule has 0 bridgehead atoms. The van der Waals surface area contributed by atoms with Gasteiger partial charge in [-0.2, -0.15) is 0 Å². The average molecular weight is 273 g/mol. The van der Waals surface area contributed by atoms with Gasteiger partial charge in [-0.3, -0.25) is 4.79 Å². The van der Waals surface area contributed by atoms with Gasteiger partial charge >= 0.3 is 0 Å². The highest BCUT2D eigenvalue weighted by Crippen LogP contribution is 2.48. The number of amides is 1. The lowest BCUT2D eigenvalue weighted by Gasteiger charge is -2.26. The van der Waals surface area contributed by atoms with Crippen molar-refractivity contribution in [3.8, 4) is 0 Å². The summed E-state index contributed by atoms with van der Waals surface area (Å²) < 4.78 is 0. The van der Waals surface area contributed by atoms with Gasteiger partial charge in [-0.05, 0) is 42.9 Å². The van der Waals surface area contributed by atoms with Gasteiger partial charge in [0, 0.05) is 19.0 Å². The first-order chi connectivity index (χ1) is 8.47. The van der Waals surface area contributed by atoms with Gasteiger partial charge in [0.25, 0.3) is 0 Å². The first-order valence-electron chi connectivity index (χ1n) is 7.08. The molecule has 3 atom stereocenters. The molecule has 0 aromatic carbocycles. The molecular weight excluding hydrogens is 248 g/mol. The Balaban J connectivity index is 1.94. The molecule has 0 unspecified atom stereocenters. The largest absolute Gasteiger partial charge is 0.341 e. The summed E-state index contributed by atoms with van der Waals surface area (Å²) in [6.07, 6.45) is 4.78. The monoisotopic (exact) mass is 272 g/mol. The zero-order valence-electron chi connectivity index (χ0n) is 11.5. The van der Waals surface area contributed by atoms with Crippen LogP contribution in [-0.2, 0) is 4.79 Å². The van der Waals surface area contributed by atoms with E-state index in [-0.39, 0.29) is 17.9 Å². The molecule has 1 aliphatic heterocycles. The van der Waals surface area contributed by atoms with E-state index in [0.717, 1.165) is 25.4 Å². The van der Waals surface area contributed by atoms with Crippen LogP contribution in [0, 0.1) is 17.3 Å². The zero-order chi connectivity index (χ0) is 13.3. The van der Waals surface area contributed by atoms with E-state index in [9.17, 15) is 4.79 Å². The molecule has 4 heteroatoms. The number of nitrogens with zero attached hydrogens (tertiary/aromatic N) is 1. The minimum absolute atomic E-state index is 0.135. The SMILES string of the molecule is CC(C)[C@H](N)C(=O)N1CC[C@@]2(CC[C@H](CCl)C2)C1. The smallest absolute Gasteiger partial charge is 0.239 e. The highest BCUT2D eigenvalue weighted by Gasteiger charge is 2.45. The molecule has 0 radical (unpaired) electrons. The van der Waals surface area contributed by atoms with Crippen molar-refractivity contribution in [1.29, 1.82) is 0 Å². The molecule has 0 aromatic heterocycles. The Kier molecular flexibility index (Phi) is 4.22. The Morgan fingerprint density at radius 1 is 1.50 bits per heavy atom. The highest BCUT2D eigenvalue weighted by molar-refractivity contribution is 6.18. The molecule has 1 spiro atoms. The second kappa shape index (κ2) is 5.38. The van der Waals surface area contributed by atoms with Gasteiger partial charge < -0.3 is 10.6 Å². The Morgan fingerprint density at radius 3 is 2.78 bits per heavy atom. The van der Waals surface area contributed by atoms with Gasteiger partial charge in [0.1, 0.15) is 0 Å². The van der Waals surface area contributed by atoms with E-state index in [1.54, 1.807) is 0 Å². The molecule has 1 saturated heterocycles. The van der Waals surface area contributed by atoms with Crippen molar-refractivity contribution in [3.63, 3.8) is 0 Å². The predicted octanol–water partition coefficient (Wildman–Crippen LogP) is 2.23. The summed E-state index contributed by atoms with van der Waals surface area (Å²) in [6.45, 7) is 5.80. The molecule has 1 aliphatic carbocycles. The van der Waals surface area contributed by atoms with Crippen LogP contribution in [-0.4, -0.2) is 35.8 Å². The first-order valence-corrected chi connectivity index (χ1v) is 7.61. The van der Waals surface area contributed by atoms with Crippen LogP contribution in [0.3, 0.4) is 0 Å². The van der Waals surface area contributed by atoms with Gasteiger partial charge in [0.2, 0.25) is 5.91 Å². The van der Waals surface area contributed by atoms with E-state index in [1.165, 1.54) is 19.3 Å². The summed E-state index contributed by atoms with van der Waals surface area (Å²) in [6, 6.07) is -0.342. The number of alkyl halides is 1. The van der Waals surface area contributed by atoms with Gasteiger partial charge in [0.15, 0.2) is 0 Å². The van der Waals surface area contributed by atoms with Crippen molar-refractivity contribution in [3.05, 3.63) is 0 Å². The molecule has 1 heterocycles. The van der Waals surface area contributed by atoms with Crippen LogP contribution in [0.4, 0.5) is 0 Å². The van der Waals surface area contributed by atoms with Crippen LogP contribution < -0.4 is 5.73 Å². The maximum atomic E-state index is 12.3. The fourth-order valence-electron chi connectivity index (χ4n) is 3.45. The Hall–Kier alpha value is -0.280. The Labute approximate surface area is 115 Å². The van der Waals surface area contributed by atoms with E-state index in [4.69, 9.17) is 17.3 Å². The summed E-state index contributed by atoms with van der Waals surface area (Å²) in [5.74, 6) is 1.77. The van der Waals surface area contributed by atoms with E-state index in [0.29, 0.717) is 11.3 Å². The van der Waals surface area contributed by atoms with Gasteiger partial charge in [-0.25, -0.2) is 0 Å². The first kappa shape index (κ1) is 14.1. The third-order valence-electron chi connectivity index (χ3n) is 4.78. The summed E-state index contributed by atoms with van der Waals surface area (Å²) in [5.41, 5.74) is 6.32. The van der Waals surface area contributed by atoms with Crippen molar-refractivity contribution in [1.82, 2.24) is 4.90 Å². The minimum Gasteiger partial charge on any atom is -0.341 e. The van der Waals surface area contributed by atoms with Crippen molar-refractivity contribution >= 4 is 17.5 Å². The Bertz CT molecular complexity index is 321. The van der Waals surface area contributed by atoms with Crippen LogP contribution in [0.5, 0.6) is 0 Å². The number of likely N-dealkylation sites (tertiary alicyclic amines) is 1. The molecule has 1 saturated carbocycles. The molecule has 2 fully saturated rings. The van der Waals surface area contributed by atoms with Crippen LogP contribution in [0.1, 0.15) is 39.5 Å². The molecule has 3 nitrogen and oxygen atoms in total. The number of nitrogens with two attached hydrogens (primary N) is 1. The summed E-state index contributed by atoms with van der Waals surface area (Å²) in [4.78, 5) is 14.2. The molecule has 2 rings (SSSR count). The molecule has 18 heavy (non-hydrogen) atoms. The maximum absolute atomic E-state index is 12.3. The highest BCUT2D eigenvalue weighted by atomic mass is 35.5. The number of rotatable bonds is 3. The van der Waals surface area contributed by atoms with E-state index >= 15 is 0 Å². The summed E-state index contributed by atoms with van der Waals surface area (Å²) >= 11 is 5.96. The van der Waals surface area contributed by atoms with Crippen molar-refractivity contribution in [2.75, 3.05) is 19.0 Å². The molecule has 1 amide bonds. The fraction of sp³-hybridized carbons (Fsp3) is 0.929. The van der Waals surface area contributed by atoms with Gasteiger partial charge in [0.05, 0.1) is 6.04 Å². The minimum atomic E-state index is -0.342. The quantitative estimate of drug-likeness (QED) is 0.801. The average Bonchev–Trinajstić information content (AvgIpc) is 2.95. The van der Waals surface area contributed by atoms with Crippen LogP contribution in [0.2, 0.25) is 0 Å². The van der Waals surface area contributed by atoms with Gasteiger partial charge in [-0.15, -0.1) is 11.6 Å². The lowest BCUT2D eigenvalue weighted by atomic mass is 9.85. The number of halogens is 1. The van der Waals surface area contributed by atoms with Crippen molar-refractivity contribution in [2.45, 2.75) is 45.6 Å². The molecule has 0 aromatic rings. The summed E-state index contributed by atoms with van der Waals surface area (Å²) in [5, 5.41) is 0. The number of hydrogen-bond donors (Lipinski definition) is 1. The predicted molar refractivity (Wildman–Crippen MR) is 74.5 cm³/mol. The van der Waals surface area contributed by atoms with Crippen LogP contribution in [0.25, 0.3) is 0 Å². The number of carbonyl (C=O) groups is 1. The number of carbonyl (C=O) groups excluding carboxylic acids is 1. The summed E-state index contributed by atoms with van der Waals surface area (Å²) in [7, 11) is 0. The van der Waals surface area contributed by atoms with Crippen LogP contribution >= 0.6 is 11.6 Å². The fourth-order valence-corrected chi connectivity index (χ4v) is 3.71. The van der Waals surface area contributed by atoms with E-state index in [1.807, 2.05) is 18.7 Å². The molecule has 2 aliphatic rings. The second-order valence-corrected chi connectivity index (χ2v) is 6.85. The third-order valence-corrected chi connectivity index (χ3v) is 5.21. The van der Waals surface area contributed by atoms with Crippen LogP contribution in [0.15, 0.2) is 0 Å². The topological polar surface area (TPSA) is 46.3 Å². The number of hydrogen-bond acceptors (Lipinski definition) is 2. The van der Waals surface area contributed by atoms with Gasteiger partial charge in [-0.1, -0.05) is 13.8 Å². The van der Waals surface area contributed by atoms with Crippen molar-refractivity contribution < 1.29 is 4.79 Å². The second-order valence-electron chi connectivity index (χ2n) is 6.54. The molecule has 104 valence electrons. The maximum Gasteiger partial charge on any atom is 0.239 e. The van der Waals surface area contributed by atoms with E-state index in [2.05, 4.69) is 0 Å². The van der Waals surface area contributed by atoms with Crippen molar-refractivity contribution in [2.24, 2.45) is 23.0 Å². The zero-order valence-corrected chi connectivity index (χ0v) is 12.2. The molecule has 2 N–H and O–H groups in total. The normalized spacial score (nSPS) is 33.6. The standard InChI is InChI=1S/C14H25ClN2O/c1-10(2)12(16)13(18)17-6-5-14(9-17)4-3-11(7-14)8-15/h10-12H,3-9,16H2,1-2H3/t11-,12-,14+/m0/s1. The lowest BCUT2D eigenvalue weighted by Crippen LogP contribution is -2.46. The lowest BCUT2D eigenvalue weighted by molar-refractivity contribution is -0.132.